The summed E-state index contributed by atoms with van der Waals surface area (Å²) in [5, 5.41) is 10.5. The summed E-state index contributed by atoms with van der Waals surface area (Å²) in [4.78, 5) is 8.00. The normalized spacial score (nSPS) is 24.7. The Labute approximate surface area is 189 Å². The van der Waals surface area contributed by atoms with Crippen molar-refractivity contribution in [2.75, 3.05) is 13.2 Å². The molecule has 6 rings (SSSR count). The highest BCUT2D eigenvalue weighted by Crippen LogP contribution is 2.34. The number of aliphatic hydroxyl groups excluding tert-OH is 1. The van der Waals surface area contributed by atoms with Gasteiger partial charge < -0.3 is 24.3 Å². The van der Waals surface area contributed by atoms with Gasteiger partial charge in [-0.3, -0.25) is 0 Å². The molecule has 7 heteroatoms. The van der Waals surface area contributed by atoms with Crippen molar-refractivity contribution >= 4 is 22.6 Å². The summed E-state index contributed by atoms with van der Waals surface area (Å²) < 4.78 is 17.3. The van der Waals surface area contributed by atoms with E-state index in [-0.39, 0.29) is 24.9 Å². The maximum Gasteiger partial charge on any atom is 0.193 e. The van der Waals surface area contributed by atoms with Crippen molar-refractivity contribution in [1.29, 1.82) is 0 Å². The fraction of sp³-hybridized carbons (Fsp3) is 0.240. The van der Waals surface area contributed by atoms with Crippen molar-refractivity contribution in [1.82, 2.24) is 9.97 Å². The molecule has 2 aromatic carbocycles. The van der Waals surface area contributed by atoms with Crippen molar-refractivity contribution in [3.63, 3.8) is 0 Å². The van der Waals surface area contributed by atoms with Gasteiger partial charge in [0.1, 0.15) is 18.3 Å². The molecule has 0 amide bonds. The minimum Gasteiger partial charge on any atom is -0.470 e. The van der Waals surface area contributed by atoms with Gasteiger partial charge in [0, 0.05) is 11.6 Å². The van der Waals surface area contributed by atoms with Crippen LogP contribution in [0.4, 0.5) is 0 Å². The molecule has 32 heavy (non-hydrogen) atoms. The first kappa shape index (κ1) is 19.8. The number of halogens is 1. The van der Waals surface area contributed by atoms with Crippen LogP contribution >= 0.6 is 11.6 Å². The van der Waals surface area contributed by atoms with E-state index < -0.39 is 6.10 Å². The van der Waals surface area contributed by atoms with Crippen LogP contribution in [0.15, 0.2) is 66.7 Å². The number of pyridine rings is 1. The number of hydrogen-bond acceptors (Lipinski definition) is 5. The van der Waals surface area contributed by atoms with E-state index in [0.29, 0.717) is 17.5 Å². The van der Waals surface area contributed by atoms with Crippen molar-refractivity contribution in [3.8, 4) is 28.3 Å². The van der Waals surface area contributed by atoms with E-state index in [1.54, 1.807) is 0 Å². The zero-order valence-electron chi connectivity index (χ0n) is 17.1. The topological polar surface area (TPSA) is 76.6 Å². The number of nitrogens with zero attached hydrogens (tertiary/aromatic N) is 1. The van der Waals surface area contributed by atoms with Crippen LogP contribution < -0.4 is 4.74 Å². The predicted molar refractivity (Wildman–Crippen MR) is 122 cm³/mol. The van der Waals surface area contributed by atoms with Crippen LogP contribution in [0, 0.1) is 0 Å². The van der Waals surface area contributed by atoms with Crippen LogP contribution in [0.25, 0.3) is 33.4 Å². The molecule has 0 spiro atoms. The summed E-state index contributed by atoms with van der Waals surface area (Å²) >= 11 is 6.57. The number of H-pyrrole nitrogens is 1. The number of nitrogens with one attached hydrogen (secondary N) is 1. The standard InChI is InChI=1S/C25H21ClN2O4/c26-17-10-18-19(11-22(27-18)32-21-13-31-24-20(29)12-30-25(21)24)28-23(17)16-8-6-15(7-9-16)14-4-2-1-3-5-14/h1-11,20-21,24-25,27,29H,12-13H2/t20-,21-,24?,25-/m1/s1. The Kier molecular flexibility index (Phi) is 4.88. The highest BCUT2D eigenvalue weighted by molar-refractivity contribution is 6.33. The van der Waals surface area contributed by atoms with E-state index in [2.05, 4.69) is 29.2 Å². The van der Waals surface area contributed by atoms with Gasteiger partial charge in [-0.15, -0.1) is 0 Å². The molecule has 2 aliphatic rings. The molecule has 2 saturated heterocycles. The lowest BCUT2D eigenvalue weighted by molar-refractivity contribution is 0.00794. The average molecular weight is 449 g/mol. The van der Waals surface area contributed by atoms with Gasteiger partial charge in [-0.05, 0) is 17.2 Å². The van der Waals surface area contributed by atoms with Crippen molar-refractivity contribution < 1.29 is 19.3 Å². The molecule has 4 heterocycles. The van der Waals surface area contributed by atoms with Gasteiger partial charge in [0.2, 0.25) is 0 Å². The number of rotatable bonds is 4. The van der Waals surface area contributed by atoms with Gasteiger partial charge in [-0.25, -0.2) is 4.98 Å². The second-order valence-electron chi connectivity index (χ2n) is 8.15. The quantitative estimate of drug-likeness (QED) is 0.482. The van der Waals surface area contributed by atoms with E-state index in [4.69, 9.17) is 30.8 Å². The fourth-order valence-corrected chi connectivity index (χ4v) is 4.69. The van der Waals surface area contributed by atoms with Crippen molar-refractivity contribution in [3.05, 3.63) is 71.8 Å². The summed E-state index contributed by atoms with van der Waals surface area (Å²) in [7, 11) is 0. The van der Waals surface area contributed by atoms with Crippen molar-refractivity contribution in [2.45, 2.75) is 24.4 Å². The summed E-state index contributed by atoms with van der Waals surface area (Å²) in [6.07, 6.45) is -1.49. The number of benzene rings is 2. The first-order chi connectivity index (χ1) is 15.7. The molecule has 2 N–H and O–H groups in total. The fourth-order valence-electron chi connectivity index (χ4n) is 4.43. The Hall–Kier alpha value is -2.90. The van der Waals surface area contributed by atoms with E-state index in [0.717, 1.165) is 33.4 Å². The molecule has 2 fully saturated rings. The first-order valence-corrected chi connectivity index (χ1v) is 11.0. The molecule has 4 aromatic rings. The maximum absolute atomic E-state index is 9.91. The number of ether oxygens (including phenoxy) is 3. The molecular formula is C25H21ClN2O4. The zero-order valence-corrected chi connectivity index (χ0v) is 17.8. The molecule has 0 aliphatic carbocycles. The Balaban J connectivity index is 1.26. The SMILES string of the molecule is O[C@@H]1CO[C@H]2C1OC[C@H]2Oc1cc2nc(-c3ccc(-c4ccccc4)cc3)c(Cl)cc2[nH]1. The Bertz CT molecular complexity index is 1260. The maximum atomic E-state index is 9.91. The van der Waals surface area contributed by atoms with Crippen LogP contribution in [0.3, 0.4) is 0 Å². The molecule has 2 aliphatic heterocycles. The predicted octanol–water partition coefficient (Wildman–Crippen LogP) is 4.46. The van der Waals surface area contributed by atoms with Crippen LogP contribution in [-0.4, -0.2) is 52.7 Å². The Morgan fingerprint density at radius 1 is 0.906 bits per heavy atom. The number of fused-ring (bicyclic) bond motifs is 2. The van der Waals surface area contributed by atoms with Crippen LogP contribution in [-0.2, 0) is 9.47 Å². The number of aromatic nitrogens is 2. The molecular weight excluding hydrogens is 428 g/mol. The van der Waals surface area contributed by atoms with Gasteiger partial charge in [-0.2, -0.15) is 0 Å². The second kappa shape index (κ2) is 7.90. The molecule has 4 atom stereocenters. The summed E-state index contributed by atoms with van der Waals surface area (Å²) in [5.41, 5.74) is 5.52. The molecule has 6 nitrogen and oxygen atoms in total. The van der Waals surface area contributed by atoms with Gasteiger partial charge in [-0.1, -0.05) is 66.2 Å². The van der Waals surface area contributed by atoms with Crippen molar-refractivity contribution in [2.24, 2.45) is 0 Å². The van der Waals surface area contributed by atoms with Gasteiger partial charge in [0.05, 0.1) is 35.0 Å². The largest absolute Gasteiger partial charge is 0.470 e. The van der Waals surface area contributed by atoms with E-state index in [1.165, 1.54) is 0 Å². The van der Waals surface area contributed by atoms with Crippen LogP contribution in [0.2, 0.25) is 5.02 Å². The minimum absolute atomic E-state index is 0.269. The van der Waals surface area contributed by atoms with Crippen LogP contribution in [0.5, 0.6) is 5.88 Å². The summed E-state index contributed by atoms with van der Waals surface area (Å²) in [5.74, 6) is 0.569. The highest BCUT2D eigenvalue weighted by atomic mass is 35.5. The summed E-state index contributed by atoms with van der Waals surface area (Å²) in [6.45, 7) is 0.639. The van der Waals surface area contributed by atoms with Gasteiger partial charge >= 0.3 is 0 Å². The third-order valence-electron chi connectivity index (χ3n) is 6.06. The zero-order chi connectivity index (χ0) is 21.7. The highest BCUT2D eigenvalue weighted by Gasteiger charge is 2.48. The molecule has 2 aromatic heterocycles. The second-order valence-corrected chi connectivity index (χ2v) is 8.56. The van der Waals surface area contributed by atoms with E-state index >= 15 is 0 Å². The van der Waals surface area contributed by atoms with Gasteiger partial charge in [0.15, 0.2) is 12.0 Å². The Morgan fingerprint density at radius 3 is 2.44 bits per heavy atom. The minimum atomic E-state index is -0.604. The Morgan fingerprint density at radius 2 is 1.62 bits per heavy atom. The number of aromatic amines is 1. The first-order valence-electron chi connectivity index (χ1n) is 10.6. The molecule has 162 valence electrons. The number of aliphatic hydroxyl groups is 1. The third-order valence-corrected chi connectivity index (χ3v) is 6.34. The smallest absolute Gasteiger partial charge is 0.193 e. The van der Waals surface area contributed by atoms with Gasteiger partial charge in [0.25, 0.3) is 0 Å². The lowest BCUT2D eigenvalue weighted by Gasteiger charge is -2.16. The lowest BCUT2D eigenvalue weighted by atomic mass is 10.0. The van der Waals surface area contributed by atoms with E-state index in [1.807, 2.05) is 42.5 Å². The molecule has 0 bridgehead atoms. The molecule has 1 unspecified atom stereocenters. The molecule has 0 saturated carbocycles. The molecule has 0 radical (unpaired) electrons. The van der Waals surface area contributed by atoms with Crippen LogP contribution in [0.1, 0.15) is 0 Å². The average Bonchev–Trinajstić information content (AvgIpc) is 3.51. The lowest BCUT2D eigenvalue weighted by Crippen LogP contribution is -2.34. The summed E-state index contributed by atoms with van der Waals surface area (Å²) in [6, 6.07) is 22.2. The van der Waals surface area contributed by atoms with E-state index in [9.17, 15) is 5.11 Å². The monoisotopic (exact) mass is 448 g/mol. The third kappa shape index (κ3) is 3.45. The number of hydrogen-bond donors (Lipinski definition) is 2.